The van der Waals surface area contributed by atoms with Crippen molar-refractivity contribution in [1.82, 2.24) is 5.32 Å². The van der Waals surface area contributed by atoms with Crippen LogP contribution in [-0.2, 0) is 4.79 Å². The van der Waals surface area contributed by atoms with Crippen LogP contribution in [0.1, 0.15) is 30.5 Å². The minimum atomic E-state index is -0.111. The maximum absolute atomic E-state index is 12.3. The van der Waals surface area contributed by atoms with Gasteiger partial charge in [-0.3, -0.25) is 4.79 Å². The molecule has 128 valence electrons. The number of rotatable bonds is 6. The van der Waals surface area contributed by atoms with E-state index in [-0.39, 0.29) is 18.6 Å². The Morgan fingerprint density at radius 1 is 1.00 bits per heavy atom. The Kier molecular flexibility index (Phi) is 5.34. The maximum atomic E-state index is 12.3. The number of benzene rings is 3. The van der Waals surface area contributed by atoms with Crippen molar-refractivity contribution < 1.29 is 9.53 Å². The highest BCUT2D eigenvalue weighted by Gasteiger charge is 2.13. The molecule has 3 heteroatoms. The lowest BCUT2D eigenvalue weighted by molar-refractivity contribution is -0.123. The van der Waals surface area contributed by atoms with E-state index >= 15 is 0 Å². The van der Waals surface area contributed by atoms with Crippen molar-refractivity contribution in [2.75, 3.05) is 6.61 Å². The van der Waals surface area contributed by atoms with Gasteiger partial charge in [-0.15, -0.1) is 0 Å². The third kappa shape index (κ3) is 4.18. The second-order valence-corrected chi connectivity index (χ2v) is 6.20. The first kappa shape index (κ1) is 17.0. The summed E-state index contributed by atoms with van der Waals surface area (Å²) in [5, 5.41) is 5.18. The van der Waals surface area contributed by atoms with Crippen molar-refractivity contribution in [2.24, 2.45) is 0 Å². The quantitative estimate of drug-likeness (QED) is 0.704. The number of carbonyl (C=O) groups is 1. The highest BCUT2D eigenvalue weighted by Crippen LogP contribution is 2.25. The molecular formula is C22H23NO2. The summed E-state index contributed by atoms with van der Waals surface area (Å²) in [5.74, 6) is 0.622. The molecule has 0 aliphatic carbocycles. The van der Waals surface area contributed by atoms with E-state index in [1.165, 1.54) is 5.56 Å². The molecular weight excluding hydrogens is 310 g/mol. The van der Waals surface area contributed by atoms with Crippen LogP contribution in [0.3, 0.4) is 0 Å². The molecule has 0 spiro atoms. The van der Waals surface area contributed by atoms with E-state index in [4.69, 9.17) is 4.74 Å². The van der Waals surface area contributed by atoms with Gasteiger partial charge in [0.25, 0.3) is 5.91 Å². The van der Waals surface area contributed by atoms with Gasteiger partial charge in [0.15, 0.2) is 6.61 Å². The zero-order valence-electron chi connectivity index (χ0n) is 14.7. The Morgan fingerprint density at radius 3 is 2.48 bits per heavy atom. The molecule has 3 rings (SSSR count). The van der Waals surface area contributed by atoms with Crippen LogP contribution < -0.4 is 10.1 Å². The summed E-state index contributed by atoms with van der Waals surface area (Å²) in [6, 6.07) is 22.1. The fraction of sp³-hybridized carbons (Fsp3) is 0.227. The van der Waals surface area contributed by atoms with Crippen molar-refractivity contribution in [3.05, 3.63) is 77.9 Å². The molecule has 3 nitrogen and oxygen atoms in total. The number of fused-ring (bicyclic) bond motifs is 1. The molecule has 0 saturated heterocycles. The van der Waals surface area contributed by atoms with Gasteiger partial charge in [-0.1, -0.05) is 73.2 Å². The summed E-state index contributed by atoms with van der Waals surface area (Å²) in [5.41, 5.74) is 2.33. The van der Waals surface area contributed by atoms with Crippen LogP contribution in [-0.4, -0.2) is 12.5 Å². The number of hydrogen-bond acceptors (Lipinski definition) is 2. The molecule has 0 radical (unpaired) electrons. The number of amides is 1. The van der Waals surface area contributed by atoms with Gasteiger partial charge in [0, 0.05) is 5.39 Å². The van der Waals surface area contributed by atoms with Gasteiger partial charge in [0.1, 0.15) is 5.75 Å². The Balaban J connectivity index is 1.64. The van der Waals surface area contributed by atoms with Gasteiger partial charge >= 0.3 is 0 Å². The van der Waals surface area contributed by atoms with Gasteiger partial charge in [0.05, 0.1) is 6.04 Å². The monoisotopic (exact) mass is 333 g/mol. The van der Waals surface area contributed by atoms with Gasteiger partial charge in [-0.25, -0.2) is 0 Å². The fourth-order valence-electron chi connectivity index (χ4n) is 2.92. The SMILES string of the molecule is CC[C@@H](NC(=O)COc1cccc2ccccc12)c1ccc(C)cc1. The standard InChI is InChI=1S/C22H23NO2/c1-3-20(18-13-11-16(2)12-14-18)23-22(24)15-25-21-10-6-8-17-7-4-5-9-19(17)21/h4-14,20H,3,15H2,1-2H3,(H,23,24)/t20-/m1/s1. The molecule has 0 bridgehead atoms. The predicted molar refractivity (Wildman–Crippen MR) is 102 cm³/mol. The minimum Gasteiger partial charge on any atom is -0.483 e. The third-order valence-corrected chi connectivity index (χ3v) is 4.33. The lowest BCUT2D eigenvalue weighted by atomic mass is 10.0. The summed E-state index contributed by atoms with van der Waals surface area (Å²) in [7, 11) is 0. The van der Waals surface area contributed by atoms with Gasteiger partial charge in [0.2, 0.25) is 0 Å². The lowest BCUT2D eigenvalue weighted by Crippen LogP contribution is -2.32. The molecule has 0 unspecified atom stereocenters. The summed E-state index contributed by atoms with van der Waals surface area (Å²) in [4.78, 5) is 12.3. The summed E-state index contributed by atoms with van der Waals surface area (Å²) >= 11 is 0. The normalized spacial score (nSPS) is 11.9. The average Bonchev–Trinajstić information content (AvgIpc) is 2.65. The smallest absolute Gasteiger partial charge is 0.258 e. The van der Waals surface area contributed by atoms with E-state index in [9.17, 15) is 4.79 Å². The van der Waals surface area contributed by atoms with Crippen LogP contribution in [0.2, 0.25) is 0 Å². The highest BCUT2D eigenvalue weighted by atomic mass is 16.5. The number of carbonyl (C=O) groups excluding carboxylic acids is 1. The summed E-state index contributed by atoms with van der Waals surface area (Å²) in [6.45, 7) is 4.13. The molecule has 1 atom stereocenters. The Bertz CT molecular complexity index is 850. The molecule has 0 saturated carbocycles. The van der Waals surface area contributed by atoms with Gasteiger partial charge < -0.3 is 10.1 Å². The number of ether oxygens (including phenoxy) is 1. The van der Waals surface area contributed by atoms with Crippen LogP contribution in [0, 0.1) is 6.92 Å². The molecule has 0 aromatic heterocycles. The zero-order chi connectivity index (χ0) is 17.6. The molecule has 0 fully saturated rings. The first-order chi connectivity index (χ1) is 12.2. The van der Waals surface area contributed by atoms with Crippen molar-refractivity contribution in [3.63, 3.8) is 0 Å². The first-order valence-corrected chi connectivity index (χ1v) is 8.64. The van der Waals surface area contributed by atoms with Crippen LogP contribution in [0.25, 0.3) is 10.8 Å². The van der Waals surface area contributed by atoms with Crippen LogP contribution >= 0.6 is 0 Å². The van der Waals surface area contributed by atoms with Crippen LogP contribution in [0.15, 0.2) is 66.7 Å². The van der Waals surface area contributed by atoms with Crippen molar-refractivity contribution >= 4 is 16.7 Å². The summed E-state index contributed by atoms with van der Waals surface area (Å²) < 4.78 is 5.77. The third-order valence-electron chi connectivity index (χ3n) is 4.33. The van der Waals surface area contributed by atoms with Crippen molar-refractivity contribution in [2.45, 2.75) is 26.3 Å². The van der Waals surface area contributed by atoms with E-state index in [0.717, 1.165) is 28.5 Å². The topological polar surface area (TPSA) is 38.3 Å². The Labute approximate surface area is 148 Å². The van der Waals surface area contributed by atoms with Crippen molar-refractivity contribution in [3.8, 4) is 5.75 Å². The number of hydrogen-bond donors (Lipinski definition) is 1. The molecule has 3 aromatic rings. The lowest BCUT2D eigenvalue weighted by Gasteiger charge is -2.18. The largest absolute Gasteiger partial charge is 0.483 e. The molecule has 1 amide bonds. The van der Waals surface area contributed by atoms with Gasteiger partial charge in [-0.2, -0.15) is 0 Å². The maximum Gasteiger partial charge on any atom is 0.258 e. The summed E-state index contributed by atoms with van der Waals surface area (Å²) in [6.07, 6.45) is 0.836. The Morgan fingerprint density at radius 2 is 1.72 bits per heavy atom. The molecule has 1 N–H and O–H groups in total. The van der Waals surface area contributed by atoms with E-state index in [1.54, 1.807) is 0 Å². The van der Waals surface area contributed by atoms with Crippen LogP contribution in [0.4, 0.5) is 0 Å². The van der Waals surface area contributed by atoms with Crippen molar-refractivity contribution in [1.29, 1.82) is 0 Å². The van der Waals surface area contributed by atoms with E-state index < -0.39 is 0 Å². The van der Waals surface area contributed by atoms with Crippen LogP contribution in [0.5, 0.6) is 5.75 Å². The predicted octanol–water partition coefficient (Wildman–Crippen LogP) is 4.79. The molecule has 3 aromatic carbocycles. The molecule has 0 heterocycles. The molecule has 0 aliphatic heterocycles. The zero-order valence-corrected chi connectivity index (χ0v) is 14.7. The van der Waals surface area contributed by atoms with E-state index in [0.29, 0.717) is 0 Å². The Hall–Kier alpha value is -2.81. The molecule has 0 aliphatic rings. The highest BCUT2D eigenvalue weighted by molar-refractivity contribution is 5.88. The fourth-order valence-corrected chi connectivity index (χ4v) is 2.92. The van der Waals surface area contributed by atoms with Gasteiger partial charge in [-0.05, 0) is 30.4 Å². The second kappa shape index (κ2) is 7.84. The number of aryl methyl sites for hydroxylation is 1. The minimum absolute atomic E-state index is 0.00391. The van der Waals surface area contributed by atoms with E-state index in [1.807, 2.05) is 42.5 Å². The van der Waals surface area contributed by atoms with E-state index in [2.05, 4.69) is 43.4 Å². The average molecular weight is 333 g/mol. The number of nitrogens with one attached hydrogen (secondary N) is 1. The molecule has 25 heavy (non-hydrogen) atoms. The second-order valence-electron chi connectivity index (χ2n) is 6.20. The first-order valence-electron chi connectivity index (χ1n) is 8.64.